The standard InChI is InChI=1S/C61H106O6/c1-4-7-10-13-16-19-22-25-28-30-33-36-39-42-45-48-51-54-60(63)66-57-58(56-65-59(62)53-50-47-44-41-38-35-32-27-24-21-18-15-12-9-6-3)67-61(64)55-52-49-46-43-40-37-34-31-29-26-23-20-17-14-11-8-5-2/h16,19,25-29,32-33,36,42,45,58H,4-15,17-18,20-24,30-31,34-35,37-41,43-44,46-57H2,1-3H3/b19-16-,28-25-,29-26-,32-27-,36-33-,45-42-/t58-/m0/s1. The molecule has 0 N–H and O–H groups in total. The van der Waals surface area contributed by atoms with Crippen molar-refractivity contribution in [1.82, 2.24) is 0 Å². The first kappa shape index (κ1) is 63.8. The quantitative estimate of drug-likeness (QED) is 0.0262. The van der Waals surface area contributed by atoms with Gasteiger partial charge in [0.15, 0.2) is 6.10 Å². The molecule has 0 radical (unpaired) electrons. The van der Waals surface area contributed by atoms with Crippen LogP contribution in [0.5, 0.6) is 0 Å². The van der Waals surface area contributed by atoms with Crippen molar-refractivity contribution in [3.63, 3.8) is 0 Å². The van der Waals surface area contributed by atoms with Crippen LogP contribution in [0.4, 0.5) is 0 Å². The van der Waals surface area contributed by atoms with Gasteiger partial charge in [0.1, 0.15) is 13.2 Å². The van der Waals surface area contributed by atoms with Crippen LogP contribution in [-0.4, -0.2) is 37.2 Å². The van der Waals surface area contributed by atoms with E-state index in [2.05, 4.69) is 93.7 Å². The van der Waals surface area contributed by atoms with E-state index in [9.17, 15) is 14.4 Å². The zero-order chi connectivity index (χ0) is 48.6. The molecular formula is C61H106O6. The van der Waals surface area contributed by atoms with Crippen molar-refractivity contribution in [2.24, 2.45) is 0 Å². The number of rotatable bonds is 51. The molecule has 386 valence electrons. The average Bonchev–Trinajstić information content (AvgIpc) is 3.33. The number of hydrogen-bond donors (Lipinski definition) is 0. The zero-order valence-electron chi connectivity index (χ0n) is 44.2. The van der Waals surface area contributed by atoms with Crippen LogP contribution in [0, 0.1) is 0 Å². The van der Waals surface area contributed by atoms with Gasteiger partial charge >= 0.3 is 17.9 Å². The molecule has 0 aliphatic rings. The molecule has 0 spiro atoms. The molecule has 0 aromatic heterocycles. The van der Waals surface area contributed by atoms with E-state index in [0.717, 1.165) is 70.6 Å². The summed E-state index contributed by atoms with van der Waals surface area (Å²) < 4.78 is 16.8. The van der Waals surface area contributed by atoms with Crippen LogP contribution in [0.25, 0.3) is 0 Å². The Hall–Kier alpha value is -3.15. The van der Waals surface area contributed by atoms with Gasteiger partial charge in [-0.3, -0.25) is 14.4 Å². The van der Waals surface area contributed by atoms with E-state index in [1.807, 2.05) is 0 Å². The number of carbonyl (C=O) groups is 3. The van der Waals surface area contributed by atoms with Crippen molar-refractivity contribution in [1.29, 1.82) is 0 Å². The average molecular weight is 936 g/mol. The summed E-state index contributed by atoms with van der Waals surface area (Å²) in [6, 6.07) is 0. The first-order valence-electron chi connectivity index (χ1n) is 28.4. The highest BCUT2D eigenvalue weighted by atomic mass is 16.6. The van der Waals surface area contributed by atoms with E-state index < -0.39 is 6.10 Å². The molecule has 0 saturated carbocycles. The molecule has 0 rings (SSSR count). The van der Waals surface area contributed by atoms with Crippen LogP contribution in [0.15, 0.2) is 72.9 Å². The van der Waals surface area contributed by atoms with Crippen molar-refractivity contribution in [2.45, 2.75) is 284 Å². The lowest BCUT2D eigenvalue weighted by molar-refractivity contribution is -0.167. The molecule has 67 heavy (non-hydrogen) atoms. The molecular weight excluding hydrogens is 829 g/mol. The molecule has 0 aromatic rings. The second kappa shape index (κ2) is 55.4. The maximum Gasteiger partial charge on any atom is 0.306 e. The maximum atomic E-state index is 12.8. The van der Waals surface area contributed by atoms with Crippen molar-refractivity contribution < 1.29 is 28.6 Å². The summed E-state index contributed by atoms with van der Waals surface area (Å²) in [6.07, 6.45) is 70.3. The number of ether oxygens (including phenoxy) is 3. The Morgan fingerprint density at radius 3 is 0.940 bits per heavy atom. The van der Waals surface area contributed by atoms with Gasteiger partial charge in [-0.15, -0.1) is 0 Å². The van der Waals surface area contributed by atoms with Crippen molar-refractivity contribution >= 4 is 17.9 Å². The van der Waals surface area contributed by atoms with E-state index in [0.29, 0.717) is 19.3 Å². The molecule has 0 amide bonds. The third-order valence-electron chi connectivity index (χ3n) is 12.2. The Labute approximate surface area is 414 Å². The second-order valence-corrected chi connectivity index (χ2v) is 18.8. The van der Waals surface area contributed by atoms with Crippen LogP contribution in [0.2, 0.25) is 0 Å². The summed E-state index contributed by atoms with van der Waals surface area (Å²) in [5.74, 6) is -0.961. The van der Waals surface area contributed by atoms with Crippen LogP contribution >= 0.6 is 0 Å². The number of esters is 3. The SMILES string of the molecule is CCCCC/C=C\C/C=C\C/C=C\C/C=C\CCCC(=O)OC[C@H](COC(=O)CCCCCCC/C=C\CCCCCCCC)OC(=O)CCCCCCCCC/C=C\CCCCCCCC. The number of allylic oxidation sites excluding steroid dienone is 12. The van der Waals surface area contributed by atoms with Crippen LogP contribution < -0.4 is 0 Å². The number of unbranched alkanes of at least 4 members (excludes halogenated alkanes) is 28. The lowest BCUT2D eigenvalue weighted by atomic mass is 10.1. The summed E-state index contributed by atoms with van der Waals surface area (Å²) in [4.78, 5) is 38.1. The van der Waals surface area contributed by atoms with Crippen LogP contribution in [-0.2, 0) is 28.6 Å². The summed E-state index contributed by atoms with van der Waals surface area (Å²) in [6.45, 7) is 6.56. The Morgan fingerprint density at radius 1 is 0.299 bits per heavy atom. The normalized spacial score (nSPS) is 12.6. The van der Waals surface area contributed by atoms with Gasteiger partial charge in [-0.1, -0.05) is 222 Å². The number of hydrogen-bond acceptors (Lipinski definition) is 6. The highest BCUT2D eigenvalue weighted by Gasteiger charge is 2.19. The first-order valence-corrected chi connectivity index (χ1v) is 28.4. The second-order valence-electron chi connectivity index (χ2n) is 18.8. The largest absolute Gasteiger partial charge is 0.462 e. The summed E-state index contributed by atoms with van der Waals surface area (Å²) in [5.41, 5.74) is 0. The molecule has 0 unspecified atom stereocenters. The van der Waals surface area contributed by atoms with Crippen LogP contribution in [0.3, 0.4) is 0 Å². The fraction of sp³-hybridized carbons (Fsp3) is 0.754. The molecule has 0 saturated heterocycles. The van der Waals surface area contributed by atoms with Gasteiger partial charge in [-0.2, -0.15) is 0 Å². The van der Waals surface area contributed by atoms with Gasteiger partial charge in [0.2, 0.25) is 0 Å². The molecule has 0 aliphatic carbocycles. The van der Waals surface area contributed by atoms with Crippen molar-refractivity contribution in [3.05, 3.63) is 72.9 Å². The summed E-state index contributed by atoms with van der Waals surface area (Å²) in [7, 11) is 0. The Morgan fingerprint density at radius 2 is 0.552 bits per heavy atom. The minimum atomic E-state index is -0.803. The number of carbonyl (C=O) groups excluding carboxylic acids is 3. The topological polar surface area (TPSA) is 78.9 Å². The molecule has 0 aliphatic heterocycles. The van der Waals surface area contributed by atoms with Gasteiger partial charge in [0, 0.05) is 19.3 Å². The highest BCUT2D eigenvalue weighted by Crippen LogP contribution is 2.14. The zero-order valence-corrected chi connectivity index (χ0v) is 44.2. The van der Waals surface area contributed by atoms with E-state index in [4.69, 9.17) is 14.2 Å². The minimum absolute atomic E-state index is 0.0978. The monoisotopic (exact) mass is 935 g/mol. The third-order valence-corrected chi connectivity index (χ3v) is 12.2. The molecule has 0 heterocycles. The molecule has 6 nitrogen and oxygen atoms in total. The molecule has 1 atom stereocenters. The van der Waals surface area contributed by atoms with Crippen molar-refractivity contribution in [3.8, 4) is 0 Å². The first-order chi connectivity index (χ1) is 33.0. The Balaban J connectivity index is 4.48. The fourth-order valence-corrected chi connectivity index (χ4v) is 7.84. The molecule has 0 fully saturated rings. The lowest BCUT2D eigenvalue weighted by Gasteiger charge is -2.18. The summed E-state index contributed by atoms with van der Waals surface area (Å²) >= 11 is 0. The van der Waals surface area contributed by atoms with Gasteiger partial charge in [0.05, 0.1) is 0 Å². The smallest absolute Gasteiger partial charge is 0.306 e. The van der Waals surface area contributed by atoms with Crippen molar-refractivity contribution in [2.75, 3.05) is 13.2 Å². The third kappa shape index (κ3) is 53.7. The molecule has 0 aromatic carbocycles. The predicted octanol–water partition coefficient (Wildman–Crippen LogP) is 19.0. The van der Waals surface area contributed by atoms with E-state index in [1.54, 1.807) is 0 Å². The van der Waals surface area contributed by atoms with Gasteiger partial charge in [0.25, 0.3) is 0 Å². The highest BCUT2D eigenvalue weighted by molar-refractivity contribution is 5.71. The minimum Gasteiger partial charge on any atom is -0.462 e. The van der Waals surface area contributed by atoms with E-state index in [-0.39, 0.29) is 37.5 Å². The predicted molar refractivity (Wildman–Crippen MR) is 288 cm³/mol. The Bertz CT molecular complexity index is 1260. The van der Waals surface area contributed by atoms with Gasteiger partial charge in [-0.25, -0.2) is 0 Å². The van der Waals surface area contributed by atoms with E-state index >= 15 is 0 Å². The Kier molecular flexibility index (Phi) is 52.8. The van der Waals surface area contributed by atoms with E-state index in [1.165, 1.54) is 161 Å². The summed E-state index contributed by atoms with van der Waals surface area (Å²) in [5, 5.41) is 0. The lowest BCUT2D eigenvalue weighted by Crippen LogP contribution is -2.30. The van der Waals surface area contributed by atoms with Gasteiger partial charge in [-0.05, 0) is 109 Å². The van der Waals surface area contributed by atoms with Crippen LogP contribution in [0.1, 0.15) is 278 Å². The fourth-order valence-electron chi connectivity index (χ4n) is 7.84. The molecule has 0 bridgehead atoms. The molecule has 6 heteroatoms. The van der Waals surface area contributed by atoms with Gasteiger partial charge < -0.3 is 14.2 Å². The maximum absolute atomic E-state index is 12.8.